The van der Waals surface area contributed by atoms with Crippen molar-refractivity contribution in [1.29, 1.82) is 21.0 Å². The molecule has 0 atom stereocenters. The predicted octanol–water partition coefficient (Wildman–Crippen LogP) is 9.14. The van der Waals surface area contributed by atoms with Crippen LogP contribution in [0.2, 0.25) is 0 Å². The second-order valence-electron chi connectivity index (χ2n) is 9.38. The van der Waals surface area contributed by atoms with Crippen LogP contribution in [0.1, 0.15) is 20.9 Å². The van der Waals surface area contributed by atoms with Gasteiger partial charge in [0, 0.05) is 25.1 Å². The molecule has 0 N–H and O–H groups in total. The molecule has 0 aliphatic carbocycles. The van der Waals surface area contributed by atoms with E-state index in [4.69, 9.17) is 15.3 Å². The average molecular weight is 591 g/mol. The number of benzene rings is 2. The van der Waals surface area contributed by atoms with Crippen LogP contribution in [0.15, 0.2) is 120 Å². The van der Waals surface area contributed by atoms with E-state index in [1.807, 2.05) is 97.1 Å². The summed E-state index contributed by atoms with van der Waals surface area (Å²) in [5.74, 6) is 1.03. The van der Waals surface area contributed by atoms with Gasteiger partial charge >= 0.3 is 0 Å². The van der Waals surface area contributed by atoms with Gasteiger partial charge in [0.1, 0.15) is 29.2 Å². The maximum Gasteiger partial charge on any atom is 0.137 e. The van der Waals surface area contributed by atoms with E-state index in [0.717, 1.165) is 41.8 Å². The van der Waals surface area contributed by atoms with Crippen molar-refractivity contribution in [2.75, 3.05) is 0 Å². The molecule has 0 unspecified atom stereocenters. The van der Waals surface area contributed by atoms with Crippen LogP contribution in [0.3, 0.4) is 0 Å². The quantitative estimate of drug-likeness (QED) is 0.190. The lowest BCUT2D eigenvalue weighted by Gasteiger charge is -2.13. The number of ether oxygens (including phenoxy) is 1. The summed E-state index contributed by atoms with van der Waals surface area (Å²) < 4.78 is 6.11. The Balaban J connectivity index is 1.32. The molecule has 0 saturated heterocycles. The Morgan fingerprint density at radius 3 is 1.42 bits per heavy atom. The number of rotatable bonds is 8. The molecule has 5 nitrogen and oxygen atoms in total. The Hall–Kier alpha value is -5.70. The second-order valence-corrected chi connectivity index (χ2v) is 11.6. The molecule has 0 spiro atoms. The van der Waals surface area contributed by atoms with Gasteiger partial charge in [-0.25, -0.2) is 0 Å². The highest BCUT2D eigenvalue weighted by molar-refractivity contribution is 7.16. The molecule has 5 rings (SSSR count). The normalized spacial score (nSPS) is 12.5. The summed E-state index contributed by atoms with van der Waals surface area (Å²) in [5, 5.41) is 36.8. The third-order valence-corrected chi connectivity index (χ3v) is 8.66. The fourth-order valence-corrected chi connectivity index (χ4v) is 6.12. The molecule has 43 heavy (non-hydrogen) atoms. The highest BCUT2D eigenvalue weighted by Crippen LogP contribution is 2.32. The fourth-order valence-electron chi connectivity index (χ4n) is 4.29. The van der Waals surface area contributed by atoms with Crippen LogP contribution >= 0.6 is 22.7 Å². The zero-order valence-corrected chi connectivity index (χ0v) is 24.5. The van der Waals surface area contributed by atoms with Crippen LogP contribution in [-0.2, 0) is 17.6 Å². The van der Waals surface area contributed by atoms with Gasteiger partial charge in [0.05, 0.1) is 25.0 Å². The SMILES string of the molecule is N#CCc1ccc(-c2ccc(C=CC3=CC(=C(C#N)C#N)C=C(C=Cc4ccc(-c5ccc(CC#N)cc5)s4)O3)s2)cc1. The summed E-state index contributed by atoms with van der Waals surface area (Å²) in [4.78, 5) is 4.25. The lowest BCUT2D eigenvalue weighted by molar-refractivity contribution is 0.332. The van der Waals surface area contributed by atoms with E-state index in [9.17, 15) is 10.5 Å². The Morgan fingerprint density at radius 2 is 1.02 bits per heavy atom. The number of hydrogen-bond acceptors (Lipinski definition) is 7. The molecular formula is C36H22N4OS2. The van der Waals surface area contributed by atoms with E-state index >= 15 is 0 Å². The molecule has 0 saturated carbocycles. The van der Waals surface area contributed by atoms with Gasteiger partial charge in [0.25, 0.3) is 0 Å². The van der Waals surface area contributed by atoms with E-state index in [1.54, 1.807) is 34.8 Å². The summed E-state index contributed by atoms with van der Waals surface area (Å²) in [6.07, 6.45) is 11.7. The smallest absolute Gasteiger partial charge is 0.137 e. The summed E-state index contributed by atoms with van der Waals surface area (Å²) in [6.45, 7) is 0. The first-order chi connectivity index (χ1) is 21.1. The summed E-state index contributed by atoms with van der Waals surface area (Å²) >= 11 is 3.26. The standard InChI is InChI=1S/C36H22N4OS2/c37-19-17-25-1-5-27(6-2-25)35-15-13-33(42-35)11-9-31-21-29(30(23-39)24-40)22-32(41-31)10-12-34-14-16-36(43-34)28-7-3-26(4-8-28)18-20-38/h1-16,21-22H,17-18H2. The van der Waals surface area contributed by atoms with E-state index < -0.39 is 0 Å². The largest absolute Gasteiger partial charge is 0.457 e. The van der Waals surface area contributed by atoms with Crippen LogP contribution in [0.4, 0.5) is 0 Å². The molecule has 3 heterocycles. The maximum absolute atomic E-state index is 9.49. The molecule has 0 amide bonds. The third kappa shape index (κ3) is 7.34. The monoisotopic (exact) mass is 590 g/mol. The van der Waals surface area contributed by atoms with Gasteiger partial charge in [-0.1, -0.05) is 48.5 Å². The van der Waals surface area contributed by atoms with Crippen molar-refractivity contribution in [3.63, 3.8) is 0 Å². The highest BCUT2D eigenvalue weighted by atomic mass is 32.1. The van der Waals surface area contributed by atoms with Crippen LogP contribution in [0.25, 0.3) is 33.0 Å². The lowest BCUT2D eigenvalue weighted by Crippen LogP contribution is -1.98. The Labute approximate surface area is 258 Å². The number of nitrogens with zero attached hydrogens (tertiary/aromatic N) is 4. The number of thiophene rings is 2. The number of nitriles is 4. The van der Waals surface area contributed by atoms with E-state index in [-0.39, 0.29) is 5.57 Å². The molecule has 1 aliphatic heterocycles. The first-order valence-corrected chi connectivity index (χ1v) is 14.9. The van der Waals surface area contributed by atoms with Crippen LogP contribution < -0.4 is 0 Å². The Kier molecular flexibility index (Phi) is 9.23. The van der Waals surface area contributed by atoms with Gasteiger partial charge in [-0.15, -0.1) is 22.7 Å². The molecule has 2 aromatic heterocycles. The van der Waals surface area contributed by atoms with Gasteiger partial charge in [0.15, 0.2) is 0 Å². The van der Waals surface area contributed by atoms with Crippen LogP contribution in [0, 0.1) is 45.3 Å². The average Bonchev–Trinajstić information content (AvgIpc) is 3.71. The fraction of sp³-hybridized carbons (Fsp3) is 0.0556. The van der Waals surface area contributed by atoms with Gasteiger partial charge in [-0.3, -0.25) is 0 Å². The molecule has 4 aromatic rings. The second kappa shape index (κ2) is 13.8. The first kappa shape index (κ1) is 28.8. The molecule has 204 valence electrons. The van der Waals surface area contributed by atoms with Crippen molar-refractivity contribution in [3.05, 3.63) is 141 Å². The molecular weight excluding hydrogens is 569 g/mol. The Morgan fingerprint density at radius 1 is 0.581 bits per heavy atom. The van der Waals surface area contributed by atoms with Crippen molar-refractivity contribution >= 4 is 34.8 Å². The van der Waals surface area contributed by atoms with E-state index in [2.05, 4.69) is 24.3 Å². The van der Waals surface area contributed by atoms with Crippen LogP contribution in [-0.4, -0.2) is 0 Å². The molecule has 1 aliphatic rings. The summed E-state index contributed by atoms with van der Waals surface area (Å²) in [6, 6.07) is 32.4. The van der Waals surface area contributed by atoms with E-state index in [0.29, 0.717) is 29.9 Å². The summed E-state index contributed by atoms with van der Waals surface area (Å²) in [7, 11) is 0. The zero-order chi connectivity index (χ0) is 30.0. The third-order valence-electron chi connectivity index (χ3n) is 6.46. The molecule has 0 radical (unpaired) electrons. The minimum Gasteiger partial charge on any atom is -0.457 e. The zero-order valence-electron chi connectivity index (χ0n) is 22.8. The van der Waals surface area contributed by atoms with Gasteiger partial charge in [-0.2, -0.15) is 21.0 Å². The minimum atomic E-state index is 0.0107. The predicted molar refractivity (Wildman–Crippen MR) is 172 cm³/mol. The van der Waals surface area contributed by atoms with Crippen molar-refractivity contribution in [1.82, 2.24) is 0 Å². The molecule has 0 fully saturated rings. The van der Waals surface area contributed by atoms with Crippen molar-refractivity contribution in [3.8, 4) is 45.2 Å². The van der Waals surface area contributed by atoms with Crippen molar-refractivity contribution in [2.45, 2.75) is 12.8 Å². The Bertz CT molecular complexity index is 1830. The lowest BCUT2D eigenvalue weighted by atomic mass is 10.1. The minimum absolute atomic E-state index is 0.0107. The van der Waals surface area contributed by atoms with Crippen LogP contribution in [0.5, 0.6) is 0 Å². The maximum atomic E-state index is 9.49. The molecule has 0 bridgehead atoms. The highest BCUT2D eigenvalue weighted by Gasteiger charge is 2.12. The number of hydrogen-bond donors (Lipinski definition) is 0. The topological polar surface area (TPSA) is 104 Å². The molecule has 7 heteroatoms. The van der Waals surface area contributed by atoms with E-state index in [1.165, 1.54) is 0 Å². The first-order valence-electron chi connectivity index (χ1n) is 13.2. The van der Waals surface area contributed by atoms with Crippen molar-refractivity contribution in [2.24, 2.45) is 0 Å². The van der Waals surface area contributed by atoms with Gasteiger partial charge < -0.3 is 4.74 Å². The van der Waals surface area contributed by atoms with Gasteiger partial charge in [-0.05, 0) is 83.0 Å². The number of allylic oxidation sites excluding steroid dienone is 6. The molecule has 2 aromatic carbocycles. The van der Waals surface area contributed by atoms with Crippen molar-refractivity contribution < 1.29 is 4.74 Å². The summed E-state index contributed by atoms with van der Waals surface area (Å²) in [5.41, 5.74) is 4.64. The van der Waals surface area contributed by atoms with Gasteiger partial charge in [0.2, 0.25) is 0 Å².